The average molecular weight is 390 g/mol. The number of methoxy groups -OCH3 is 1. The van der Waals surface area contributed by atoms with Crippen LogP contribution in [-0.4, -0.2) is 54.8 Å². The molecule has 4 amide bonds. The van der Waals surface area contributed by atoms with Crippen LogP contribution in [0, 0.1) is 0 Å². The largest absolute Gasteiger partial charge is 0.493 e. The molecule has 0 saturated carbocycles. The van der Waals surface area contributed by atoms with E-state index in [0.717, 1.165) is 16.9 Å². The molecule has 0 bridgehead atoms. The first kappa shape index (κ1) is 21.2. The normalized spacial score (nSPS) is 15.6. The van der Waals surface area contributed by atoms with E-state index < -0.39 is 17.5 Å². The summed E-state index contributed by atoms with van der Waals surface area (Å²) in [4.78, 5) is 36.8. The van der Waals surface area contributed by atoms with E-state index in [1.807, 2.05) is 6.92 Å². The van der Waals surface area contributed by atoms with Crippen LogP contribution in [0.15, 0.2) is 23.3 Å². The molecule has 28 heavy (non-hydrogen) atoms. The van der Waals surface area contributed by atoms with Crippen LogP contribution in [0.1, 0.15) is 39.2 Å². The number of benzene rings is 1. The fourth-order valence-electron chi connectivity index (χ4n) is 2.56. The van der Waals surface area contributed by atoms with Crippen LogP contribution in [0.25, 0.3) is 0 Å². The molecule has 1 heterocycles. The number of hydrogen-bond acceptors (Lipinski definition) is 6. The third-order valence-electron chi connectivity index (χ3n) is 4.06. The van der Waals surface area contributed by atoms with Crippen LogP contribution in [0.2, 0.25) is 0 Å². The molecular formula is C19H26N4O5. The maximum atomic E-state index is 12.1. The first-order valence-electron chi connectivity index (χ1n) is 9.05. The number of hydrazone groups is 1. The lowest BCUT2D eigenvalue weighted by Gasteiger charge is -2.15. The summed E-state index contributed by atoms with van der Waals surface area (Å²) in [7, 11) is 1.55. The van der Waals surface area contributed by atoms with Crippen LogP contribution in [0.3, 0.4) is 0 Å². The van der Waals surface area contributed by atoms with E-state index in [9.17, 15) is 14.4 Å². The summed E-state index contributed by atoms with van der Waals surface area (Å²) in [5.41, 5.74) is 2.15. The molecule has 0 aliphatic carbocycles. The van der Waals surface area contributed by atoms with Gasteiger partial charge in [0, 0.05) is 13.0 Å². The molecule has 0 atom stereocenters. The van der Waals surface area contributed by atoms with Gasteiger partial charge in [-0.15, -0.1) is 0 Å². The van der Waals surface area contributed by atoms with Gasteiger partial charge in [0.1, 0.15) is 5.54 Å². The van der Waals surface area contributed by atoms with Crippen molar-refractivity contribution in [2.75, 3.05) is 20.3 Å². The zero-order valence-electron chi connectivity index (χ0n) is 16.6. The van der Waals surface area contributed by atoms with E-state index in [1.54, 1.807) is 39.2 Å². The topological polar surface area (TPSA) is 109 Å². The number of urea groups is 1. The number of hydrogen-bond donors (Lipinski definition) is 2. The van der Waals surface area contributed by atoms with E-state index in [0.29, 0.717) is 18.1 Å². The summed E-state index contributed by atoms with van der Waals surface area (Å²) in [6, 6.07) is 4.81. The highest BCUT2D eigenvalue weighted by molar-refractivity contribution is 6.06. The van der Waals surface area contributed by atoms with Gasteiger partial charge in [-0.25, -0.2) is 10.2 Å². The minimum atomic E-state index is -0.947. The number of nitrogens with one attached hydrogen (secondary N) is 2. The first-order chi connectivity index (χ1) is 13.3. The smallest absolute Gasteiger partial charge is 0.325 e. The molecule has 1 saturated heterocycles. The van der Waals surface area contributed by atoms with Gasteiger partial charge in [0.05, 0.1) is 19.9 Å². The molecule has 0 aromatic heterocycles. The molecular weight excluding hydrogens is 364 g/mol. The van der Waals surface area contributed by atoms with Gasteiger partial charge in [-0.2, -0.15) is 5.10 Å². The highest BCUT2D eigenvalue weighted by atomic mass is 16.5. The molecule has 2 rings (SSSR count). The monoisotopic (exact) mass is 390 g/mol. The van der Waals surface area contributed by atoms with Crippen molar-refractivity contribution in [3.63, 3.8) is 0 Å². The molecule has 1 fully saturated rings. The maximum absolute atomic E-state index is 12.1. The predicted molar refractivity (Wildman–Crippen MR) is 103 cm³/mol. The summed E-state index contributed by atoms with van der Waals surface area (Å²) in [6.07, 6.45) is 2.32. The van der Waals surface area contributed by atoms with E-state index in [4.69, 9.17) is 9.47 Å². The minimum absolute atomic E-state index is 0.00721. The number of rotatable bonds is 9. The Morgan fingerprint density at radius 3 is 2.68 bits per heavy atom. The van der Waals surface area contributed by atoms with Crippen molar-refractivity contribution in [3.8, 4) is 11.5 Å². The number of carbonyl (C=O) groups is 3. The molecule has 0 radical (unpaired) electrons. The lowest BCUT2D eigenvalue weighted by Crippen LogP contribution is -2.40. The molecule has 0 unspecified atom stereocenters. The summed E-state index contributed by atoms with van der Waals surface area (Å²) in [5.74, 6) is 0.453. The Morgan fingerprint density at radius 2 is 2.07 bits per heavy atom. The molecule has 0 spiro atoms. The van der Waals surface area contributed by atoms with Crippen LogP contribution in [0.5, 0.6) is 11.5 Å². The van der Waals surface area contributed by atoms with Crippen LogP contribution in [-0.2, 0) is 9.59 Å². The van der Waals surface area contributed by atoms with E-state index in [-0.39, 0.29) is 18.9 Å². The zero-order chi connectivity index (χ0) is 20.7. The van der Waals surface area contributed by atoms with Crippen molar-refractivity contribution in [2.45, 2.75) is 39.2 Å². The summed E-state index contributed by atoms with van der Waals surface area (Å²) >= 11 is 0. The van der Waals surface area contributed by atoms with Crippen molar-refractivity contribution in [3.05, 3.63) is 23.8 Å². The average Bonchev–Trinajstić information content (AvgIpc) is 2.85. The Labute approximate surface area is 164 Å². The highest BCUT2D eigenvalue weighted by Gasteiger charge is 2.43. The molecule has 9 nitrogen and oxygen atoms in total. The standard InChI is InChI=1S/C19H26N4O5/c1-5-10-28-14-7-6-13(11-15(14)27-4)12-20-22-16(24)8-9-23-17(25)19(2,3)21-18(23)26/h6-7,11-12H,5,8-10H2,1-4H3,(H,21,26)(H,22,24)/b20-12-. The maximum Gasteiger partial charge on any atom is 0.325 e. The van der Waals surface area contributed by atoms with E-state index >= 15 is 0 Å². The second kappa shape index (κ2) is 9.20. The second-order valence-corrected chi connectivity index (χ2v) is 6.81. The summed E-state index contributed by atoms with van der Waals surface area (Å²) in [6.45, 7) is 5.83. The van der Waals surface area contributed by atoms with E-state index in [1.165, 1.54) is 6.21 Å². The van der Waals surface area contributed by atoms with Crippen molar-refractivity contribution in [2.24, 2.45) is 5.10 Å². The third-order valence-corrected chi connectivity index (χ3v) is 4.06. The zero-order valence-corrected chi connectivity index (χ0v) is 16.6. The Morgan fingerprint density at radius 1 is 1.32 bits per heavy atom. The number of carbonyl (C=O) groups excluding carboxylic acids is 3. The Kier molecular flexibility index (Phi) is 6.97. The molecule has 1 aromatic rings. The predicted octanol–water partition coefficient (Wildman–Crippen LogP) is 1.65. The summed E-state index contributed by atoms with van der Waals surface area (Å²) in [5, 5.41) is 6.46. The molecule has 1 aromatic carbocycles. The lowest BCUT2D eigenvalue weighted by molar-refractivity contribution is -0.130. The van der Waals surface area contributed by atoms with Crippen LogP contribution in [0.4, 0.5) is 4.79 Å². The minimum Gasteiger partial charge on any atom is -0.493 e. The van der Waals surface area contributed by atoms with Gasteiger partial charge in [-0.1, -0.05) is 6.92 Å². The molecule has 9 heteroatoms. The molecule has 1 aliphatic rings. The number of nitrogens with zero attached hydrogens (tertiary/aromatic N) is 2. The van der Waals surface area contributed by atoms with Crippen molar-refractivity contribution in [1.82, 2.24) is 15.6 Å². The number of imide groups is 1. The van der Waals surface area contributed by atoms with Gasteiger partial charge < -0.3 is 14.8 Å². The van der Waals surface area contributed by atoms with Crippen LogP contribution < -0.4 is 20.2 Å². The SMILES string of the molecule is CCCOc1ccc(/C=N\NC(=O)CCN2C(=O)NC(C)(C)C2=O)cc1OC. The van der Waals surface area contributed by atoms with Gasteiger partial charge >= 0.3 is 6.03 Å². The first-order valence-corrected chi connectivity index (χ1v) is 9.05. The number of amides is 4. The molecule has 2 N–H and O–H groups in total. The second-order valence-electron chi connectivity index (χ2n) is 6.81. The van der Waals surface area contributed by atoms with Gasteiger partial charge in [0.25, 0.3) is 5.91 Å². The highest BCUT2D eigenvalue weighted by Crippen LogP contribution is 2.27. The molecule has 1 aliphatic heterocycles. The van der Waals surface area contributed by atoms with E-state index in [2.05, 4.69) is 15.8 Å². The molecule has 152 valence electrons. The Hall–Kier alpha value is -3.10. The van der Waals surface area contributed by atoms with Crippen LogP contribution >= 0.6 is 0 Å². The fourth-order valence-corrected chi connectivity index (χ4v) is 2.56. The van der Waals surface area contributed by atoms with Gasteiger partial charge in [0.2, 0.25) is 5.91 Å². The van der Waals surface area contributed by atoms with Crippen molar-refractivity contribution >= 4 is 24.1 Å². The third kappa shape index (κ3) is 5.21. The quantitative estimate of drug-likeness (QED) is 0.379. The van der Waals surface area contributed by atoms with Gasteiger partial charge in [0.15, 0.2) is 11.5 Å². The van der Waals surface area contributed by atoms with Gasteiger partial charge in [-0.3, -0.25) is 14.5 Å². The van der Waals surface area contributed by atoms with Crippen molar-refractivity contribution < 1.29 is 23.9 Å². The number of ether oxygens (including phenoxy) is 2. The fraction of sp³-hybridized carbons (Fsp3) is 0.474. The Bertz CT molecular complexity index is 776. The summed E-state index contributed by atoms with van der Waals surface area (Å²) < 4.78 is 10.9. The lowest BCUT2D eigenvalue weighted by atomic mass is 10.1. The Balaban J connectivity index is 1.86. The van der Waals surface area contributed by atoms with Gasteiger partial charge in [-0.05, 0) is 44.0 Å². The van der Waals surface area contributed by atoms with Crippen molar-refractivity contribution in [1.29, 1.82) is 0 Å².